The topological polar surface area (TPSA) is 76.2 Å². The van der Waals surface area contributed by atoms with E-state index in [0.29, 0.717) is 0 Å². The standard InChI is InChI=1S/C11H9NO.CH3NO/c1-2-9-4-3-8-7-10(13)5-6-11(8)12-9;2-1-3/h2-7,13H,1H2;1H,(H2,2,3). The highest BCUT2D eigenvalue weighted by atomic mass is 16.3. The third-order valence-corrected chi connectivity index (χ3v) is 1.90. The number of hydrogen-bond donors (Lipinski definition) is 2. The van der Waals surface area contributed by atoms with Gasteiger partial charge in [0.25, 0.3) is 0 Å². The van der Waals surface area contributed by atoms with E-state index in [2.05, 4.69) is 17.3 Å². The summed E-state index contributed by atoms with van der Waals surface area (Å²) in [6.07, 6.45) is 1.95. The summed E-state index contributed by atoms with van der Waals surface area (Å²) in [6.45, 7) is 3.64. The first-order valence-corrected chi connectivity index (χ1v) is 4.59. The first-order valence-electron chi connectivity index (χ1n) is 4.59. The first kappa shape index (κ1) is 11.7. The third-order valence-electron chi connectivity index (χ3n) is 1.90. The van der Waals surface area contributed by atoms with E-state index in [1.807, 2.05) is 12.1 Å². The van der Waals surface area contributed by atoms with Gasteiger partial charge in [-0.3, -0.25) is 4.79 Å². The van der Waals surface area contributed by atoms with Crippen LogP contribution in [0.1, 0.15) is 5.69 Å². The lowest BCUT2D eigenvalue weighted by Gasteiger charge is -1.98. The largest absolute Gasteiger partial charge is 0.508 e. The fourth-order valence-corrected chi connectivity index (χ4v) is 1.24. The number of phenolic OH excluding ortho intramolecular Hbond substituents is 1. The molecule has 0 spiro atoms. The maximum atomic E-state index is 9.21. The molecule has 0 aliphatic rings. The highest BCUT2D eigenvalue weighted by molar-refractivity contribution is 5.81. The smallest absolute Gasteiger partial charge is 0.204 e. The zero-order valence-electron chi connectivity index (χ0n) is 8.63. The second-order valence-electron chi connectivity index (χ2n) is 2.95. The van der Waals surface area contributed by atoms with Crippen LogP contribution in [0.2, 0.25) is 0 Å². The minimum atomic E-state index is 0.250. The zero-order valence-corrected chi connectivity index (χ0v) is 8.63. The van der Waals surface area contributed by atoms with Crippen molar-refractivity contribution in [2.45, 2.75) is 0 Å². The van der Waals surface area contributed by atoms with Gasteiger partial charge in [-0.15, -0.1) is 0 Å². The first-order chi connectivity index (χ1) is 7.71. The number of carbonyl (C=O) groups is 1. The number of aromatic nitrogens is 1. The molecule has 1 aromatic carbocycles. The van der Waals surface area contributed by atoms with Crippen molar-refractivity contribution in [3.63, 3.8) is 0 Å². The molecule has 2 aromatic rings. The van der Waals surface area contributed by atoms with Crippen LogP contribution in [0.25, 0.3) is 17.0 Å². The summed E-state index contributed by atoms with van der Waals surface area (Å²) in [5.74, 6) is 0.264. The number of hydrogen-bond acceptors (Lipinski definition) is 3. The monoisotopic (exact) mass is 216 g/mol. The van der Waals surface area contributed by atoms with Crippen molar-refractivity contribution in [3.8, 4) is 5.75 Å². The summed E-state index contributed by atoms with van der Waals surface area (Å²) < 4.78 is 0. The van der Waals surface area contributed by atoms with Gasteiger partial charge in [-0.25, -0.2) is 4.98 Å². The number of nitrogens with zero attached hydrogens (tertiary/aromatic N) is 1. The van der Waals surface area contributed by atoms with Gasteiger partial charge in [0.1, 0.15) is 5.75 Å². The van der Waals surface area contributed by atoms with Crippen molar-refractivity contribution in [1.82, 2.24) is 4.98 Å². The molecule has 0 unspecified atom stereocenters. The molecule has 1 aromatic heterocycles. The van der Waals surface area contributed by atoms with E-state index in [4.69, 9.17) is 4.79 Å². The van der Waals surface area contributed by atoms with Crippen molar-refractivity contribution >= 4 is 23.4 Å². The molecule has 4 nitrogen and oxygen atoms in total. The van der Waals surface area contributed by atoms with Crippen molar-refractivity contribution in [1.29, 1.82) is 0 Å². The molecular formula is C12H12N2O2. The molecule has 0 bridgehead atoms. The number of aromatic hydroxyl groups is 1. The number of rotatable bonds is 1. The number of fused-ring (bicyclic) bond motifs is 1. The Balaban J connectivity index is 0.000000386. The van der Waals surface area contributed by atoms with Gasteiger partial charge in [0.2, 0.25) is 6.41 Å². The molecule has 0 saturated heterocycles. The third kappa shape index (κ3) is 2.81. The van der Waals surface area contributed by atoms with Crippen LogP contribution >= 0.6 is 0 Å². The summed E-state index contributed by atoms with van der Waals surface area (Å²) in [7, 11) is 0. The van der Waals surface area contributed by atoms with Crippen LogP contribution in [0.3, 0.4) is 0 Å². The Bertz CT molecular complexity index is 509. The van der Waals surface area contributed by atoms with Gasteiger partial charge in [0.05, 0.1) is 11.2 Å². The van der Waals surface area contributed by atoms with E-state index in [9.17, 15) is 5.11 Å². The predicted molar refractivity (Wildman–Crippen MR) is 63.8 cm³/mol. The van der Waals surface area contributed by atoms with Crippen LogP contribution in [-0.4, -0.2) is 16.5 Å². The van der Waals surface area contributed by atoms with Crippen molar-refractivity contribution in [2.24, 2.45) is 5.73 Å². The van der Waals surface area contributed by atoms with Crippen LogP contribution < -0.4 is 5.73 Å². The Labute approximate surface area is 93.0 Å². The van der Waals surface area contributed by atoms with Crippen LogP contribution in [0.15, 0.2) is 36.9 Å². The van der Waals surface area contributed by atoms with Gasteiger partial charge < -0.3 is 10.8 Å². The molecule has 3 N–H and O–H groups in total. The normalized spacial score (nSPS) is 9.00. The molecular weight excluding hydrogens is 204 g/mol. The summed E-state index contributed by atoms with van der Waals surface area (Å²) in [4.78, 5) is 12.9. The van der Waals surface area contributed by atoms with Gasteiger partial charge in [-0.2, -0.15) is 0 Å². The zero-order chi connectivity index (χ0) is 12.0. The van der Waals surface area contributed by atoms with E-state index in [-0.39, 0.29) is 12.2 Å². The average Bonchev–Trinajstić information content (AvgIpc) is 2.29. The maximum Gasteiger partial charge on any atom is 0.204 e. The minimum Gasteiger partial charge on any atom is -0.508 e. The van der Waals surface area contributed by atoms with Gasteiger partial charge in [0.15, 0.2) is 0 Å². The molecule has 82 valence electrons. The highest BCUT2D eigenvalue weighted by Crippen LogP contribution is 2.18. The second-order valence-corrected chi connectivity index (χ2v) is 2.95. The number of primary amides is 1. The predicted octanol–water partition coefficient (Wildman–Crippen LogP) is 1.68. The summed E-state index contributed by atoms with van der Waals surface area (Å²) in [5.41, 5.74) is 5.88. The summed E-state index contributed by atoms with van der Waals surface area (Å²) >= 11 is 0. The SMILES string of the molecule is C=Cc1ccc2cc(O)ccc2n1.NC=O. The van der Waals surface area contributed by atoms with Crippen LogP contribution in [-0.2, 0) is 4.79 Å². The quantitative estimate of drug-likeness (QED) is 0.712. The van der Waals surface area contributed by atoms with Crippen molar-refractivity contribution in [2.75, 3.05) is 0 Å². The molecule has 0 aliphatic heterocycles. The fourth-order valence-electron chi connectivity index (χ4n) is 1.24. The molecule has 16 heavy (non-hydrogen) atoms. The summed E-state index contributed by atoms with van der Waals surface area (Å²) in [6, 6.07) is 8.89. The number of amides is 1. The Morgan fingerprint density at radius 3 is 2.62 bits per heavy atom. The lowest BCUT2D eigenvalue weighted by molar-refractivity contribution is -0.106. The number of pyridine rings is 1. The number of benzene rings is 1. The van der Waals surface area contributed by atoms with Gasteiger partial charge >= 0.3 is 0 Å². The van der Waals surface area contributed by atoms with Crippen LogP contribution in [0.4, 0.5) is 0 Å². The molecule has 0 fully saturated rings. The lowest BCUT2D eigenvalue weighted by Crippen LogP contribution is -1.82. The molecule has 1 heterocycles. The molecule has 2 rings (SSSR count). The molecule has 0 aliphatic carbocycles. The Kier molecular flexibility index (Phi) is 4.03. The molecule has 4 heteroatoms. The molecule has 1 amide bonds. The summed E-state index contributed by atoms with van der Waals surface area (Å²) in [5, 5.41) is 10.1. The van der Waals surface area contributed by atoms with E-state index >= 15 is 0 Å². The average molecular weight is 216 g/mol. The Hall–Kier alpha value is -2.36. The number of nitrogens with two attached hydrogens (primary N) is 1. The fraction of sp³-hybridized carbons (Fsp3) is 0. The highest BCUT2D eigenvalue weighted by Gasteiger charge is 1.96. The van der Waals surface area contributed by atoms with Crippen LogP contribution in [0, 0.1) is 0 Å². The van der Waals surface area contributed by atoms with E-state index in [1.165, 1.54) is 0 Å². The number of phenols is 1. The minimum absolute atomic E-state index is 0.250. The number of carbonyl (C=O) groups excluding carboxylic acids is 1. The van der Waals surface area contributed by atoms with E-state index < -0.39 is 0 Å². The van der Waals surface area contributed by atoms with Gasteiger partial charge in [-0.1, -0.05) is 12.6 Å². The van der Waals surface area contributed by atoms with Crippen molar-refractivity contribution in [3.05, 3.63) is 42.6 Å². The molecule has 0 atom stereocenters. The van der Waals surface area contributed by atoms with Gasteiger partial charge in [0, 0.05) is 5.39 Å². The van der Waals surface area contributed by atoms with Gasteiger partial charge in [-0.05, 0) is 30.3 Å². The Morgan fingerprint density at radius 2 is 2.00 bits per heavy atom. The molecule has 0 radical (unpaired) electrons. The van der Waals surface area contributed by atoms with Crippen LogP contribution in [0.5, 0.6) is 5.75 Å². The second kappa shape index (κ2) is 5.50. The van der Waals surface area contributed by atoms with E-state index in [1.54, 1.807) is 24.3 Å². The maximum absolute atomic E-state index is 9.21. The van der Waals surface area contributed by atoms with E-state index in [0.717, 1.165) is 16.6 Å². The molecule has 0 saturated carbocycles. The Morgan fingerprint density at radius 1 is 1.31 bits per heavy atom. The lowest BCUT2D eigenvalue weighted by atomic mass is 10.2. The van der Waals surface area contributed by atoms with Crippen molar-refractivity contribution < 1.29 is 9.90 Å².